The first-order valence-electron chi connectivity index (χ1n) is 12.8. The summed E-state index contributed by atoms with van der Waals surface area (Å²) < 4.78 is 13.0. The van der Waals surface area contributed by atoms with E-state index in [1.54, 1.807) is 12.1 Å². The molecule has 4 heterocycles. The molecule has 0 spiro atoms. The first-order valence-corrected chi connectivity index (χ1v) is 13.2. The topological polar surface area (TPSA) is 38.8 Å². The predicted molar refractivity (Wildman–Crippen MR) is 133 cm³/mol. The van der Waals surface area contributed by atoms with Gasteiger partial charge in [-0.25, -0.2) is 4.39 Å². The molecule has 0 aromatic heterocycles. The maximum atomic E-state index is 13.0. The Morgan fingerprint density at radius 3 is 2.76 bits per heavy atom. The third kappa shape index (κ3) is 4.82. The second-order valence-corrected chi connectivity index (χ2v) is 11.0. The van der Waals surface area contributed by atoms with Gasteiger partial charge in [0, 0.05) is 38.1 Å². The highest BCUT2D eigenvalue weighted by Gasteiger charge is 2.51. The fourth-order valence-corrected chi connectivity index (χ4v) is 7.37. The van der Waals surface area contributed by atoms with Crippen molar-refractivity contribution in [1.82, 2.24) is 20.0 Å². The fourth-order valence-electron chi connectivity index (χ4n) is 6.97. The molecular formula is C26H37FN4OS. The van der Waals surface area contributed by atoms with Crippen LogP contribution >= 0.6 is 12.2 Å². The Morgan fingerprint density at radius 1 is 1.21 bits per heavy atom. The minimum Gasteiger partial charge on any atom is -0.362 e. The highest BCUT2D eigenvalue weighted by Crippen LogP contribution is 2.45. The molecule has 5 atom stereocenters. The van der Waals surface area contributed by atoms with Gasteiger partial charge in [-0.05, 0) is 87.7 Å². The van der Waals surface area contributed by atoms with Gasteiger partial charge in [-0.2, -0.15) is 0 Å². The number of piperidine rings is 4. The van der Waals surface area contributed by atoms with Gasteiger partial charge in [0.25, 0.3) is 0 Å². The first kappa shape index (κ1) is 23.2. The smallest absolute Gasteiger partial charge is 0.236 e. The number of rotatable bonds is 6. The number of carbonyl (C=O) groups is 1. The third-order valence-corrected chi connectivity index (χ3v) is 9.04. The number of nitrogens with zero attached hydrogens (tertiary/aromatic N) is 3. The number of amides is 1. The molecule has 0 radical (unpaired) electrons. The van der Waals surface area contributed by atoms with Gasteiger partial charge in [-0.1, -0.05) is 24.4 Å². The van der Waals surface area contributed by atoms with Gasteiger partial charge in [0.15, 0.2) is 0 Å². The Balaban J connectivity index is 1.16. The monoisotopic (exact) mass is 472 g/mol. The van der Waals surface area contributed by atoms with E-state index >= 15 is 0 Å². The summed E-state index contributed by atoms with van der Waals surface area (Å²) in [6.07, 6.45) is 7.90. The summed E-state index contributed by atoms with van der Waals surface area (Å²) in [6.45, 7) is 4.68. The zero-order valence-corrected chi connectivity index (χ0v) is 20.5. The standard InChI is InChI=1S/C26H37FN4OS/c1-29(24(32)16-28-11-10-18-6-8-20(27)9-7-18)21-14-23-22-5-3-13-30-12-2-4-19(26(22)30)17-31(23)25(33)15-21/h6-9,19,21-23,26,28H,2-5,10-17H2,1H3/t19-,21-,22+,23+,26-/m0/s1. The Bertz CT molecular complexity index is 862. The summed E-state index contributed by atoms with van der Waals surface area (Å²) in [5, 5.41) is 3.27. The van der Waals surface area contributed by atoms with Crippen LogP contribution in [0.5, 0.6) is 0 Å². The lowest BCUT2D eigenvalue weighted by molar-refractivity contribution is -0.132. The van der Waals surface area contributed by atoms with E-state index in [1.807, 2.05) is 11.9 Å². The number of hydrogen-bond acceptors (Lipinski definition) is 4. The van der Waals surface area contributed by atoms with E-state index in [1.165, 1.54) is 50.9 Å². The second-order valence-electron chi connectivity index (χ2n) is 10.5. The van der Waals surface area contributed by atoms with Crippen molar-refractivity contribution >= 4 is 23.1 Å². The number of hydrogen-bond donors (Lipinski definition) is 1. The van der Waals surface area contributed by atoms with Gasteiger partial charge in [-0.3, -0.25) is 9.69 Å². The lowest BCUT2D eigenvalue weighted by Gasteiger charge is -2.60. The molecule has 5 rings (SSSR count). The SMILES string of the molecule is CN(C(=O)CNCCc1ccc(F)cc1)[C@@H]1CC(=S)N2C[C@@H]3CCCN4CCC[C@@H]([C@H]34)[C@H]2C1. The highest BCUT2D eigenvalue weighted by molar-refractivity contribution is 7.80. The average molecular weight is 473 g/mol. The van der Waals surface area contributed by atoms with Gasteiger partial charge in [-0.15, -0.1) is 0 Å². The molecular weight excluding hydrogens is 435 g/mol. The molecule has 4 aliphatic heterocycles. The summed E-state index contributed by atoms with van der Waals surface area (Å²) in [5.41, 5.74) is 1.07. The van der Waals surface area contributed by atoms with Crippen molar-refractivity contribution in [2.75, 3.05) is 39.8 Å². The molecule has 1 amide bonds. The Hall–Kier alpha value is -1.57. The van der Waals surface area contributed by atoms with Crippen molar-refractivity contribution in [3.63, 3.8) is 0 Å². The zero-order valence-electron chi connectivity index (χ0n) is 19.7. The van der Waals surface area contributed by atoms with Gasteiger partial charge >= 0.3 is 0 Å². The van der Waals surface area contributed by atoms with Crippen molar-refractivity contribution in [2.24, 2.45) is 11.8 Å². The number of likely N-dealkylation sites (N-methyl/N-ethyl adjacent to an activating group) is 1. The van der Waals surface area contributed by atoms with Crippen molar-refractivity contribution in [3.8, 4) is 0 Å². The maximum absolute atomic E-state index is 13.0. The lowest BCUT2D eigenvalue weighted by Crippen LogP contribution is -2.68. The normalized spacial score (nSPS) is 31.6. The van der Waals surface area contributed by atoms with E-state index < -0.39 is 0 Å². The Morgan fingerprint density at radius 2 is 1.97 bits per heavy atom. The van der Waals surface area contributed by atoms with Crippen LogP contribution in [0.3, 0.4) is 0 Å². The molecule has 1 aromatic rings. The van der Waals surface area contributed by atoms with E-state index in [4.69, 9.17) is 12.2 Å². The summed E-state index contributed by atoms with van der Waals surface area (Å²) in [6, 6.07) is 7.97. The third-order valence-electron chi connectivity index (χ3n) is 8.64. The van der Waals surface area contributed by atoms with Crippen molar-refractivity contribution < 1.29 is 9.18 Å². The van der Waals surface area contributed by atoms with E-state index in [0.717, 1.165) is 48.3 Å². The summed E-state index contributed by atoms with van der Waals surface area (Å²) in [4.78, 5) is 21.3. The van der Waals surface area contributed by atoms with Crippen LogP contribution in [0.25, 0.3) is 0 Å². The summed E-state index contributed by atoms with van der Waals surface area (Å²) in [7, 11) is 1.95. The zero-order chi connectivity index (χ0) is 22.9. The Kier molecular flexibility index (Phi) is 7.00. The van der Waals surface area contributed by atoms with E-state index in [2.05, 4.69) is 15.1 Å². The van der Waals surface area contributed by atoms with Crippen LogP contribution < -0.4 is 5.32 Å². The average Bonchev–Trinajstić information content (AvgIpc) is 2.83. The largest absolute Gasteiger partial charge is 0.362 e. The van der Waals surface area contributed by atoms with Crippen LogP contribution in [0.2, 0.25) is 0 Å². The number of fused-ring (bicyclic) bond motifs is 2. The van der Waals surface area contributed by atoms with Gasteiger partial charge in [0.1, 0.15) is 5.82 Å². The van der Waals surface area contributed by atoms with Crippen molar-refractivity contribution in [2.45, 2.75) is 63.1 Å². The fraction of sp³-hybridized carbons (Fsp3) is 0.692. The molecule has 33 heavy (non-hydrogen) atoms. The molecule has 4 aliphatic rings. The minimum atomic E-state index is -0.217. The Labute approximate surface area is 202 Å². The van der Waals surface area contributed by atoms with Gasteiger partial charge in [0.2, 0.25) is 5.91 Å². The molecule has 0 aliphatic carbocycles. The van der Waals surface area contributed by atoms with Crippen LogP contribution in [0.4, 0.5) is 4.39 Å². The number of nitrogens with one attached hydrogen (secondary N) is 1. The molecule has 1 N–H and O–H groups in total. The van der Waals surface area contributed by atoms with Crippen LogP contribution in [0, 0.1) is 17.7 Å². The number of halogens is 1. The molecule has 4 fully saturated rings. The van der Waals surface area contributed by atoms with Crippen molar-refractivity contribution in [3.05, 3.63) is 35.6 Å². The highest BCUT2D eigenvalue weighted by atomic mass is 32.1. The summed E-state index contributed by atoms with van der Waals surface area (Å²) >= 11 is 5.93. The number of carbonyl (C=O) groups excluding carboxylic acids is 1. The predicted octanol–water partition coefficient (Wildman–Crippen LogP) is 3.08. The summed E-state index contributed by atoms with van der Waals surface area (Å²) in [5.74, 6) is 1.37. The van der Waals surface area contributed by atoms with Crippen LogP contribution in [0.15, 0.2) is 24.3 Å². The quantitative estimate of drug-likeness (QED) is 0.509. The van der Waals surface area contributed by atoms with Crippen molar-refractivity contribution in [1.29, 1.82) is 0 Å². The van der Waals surface area contributed by atoms with E-state index in [-0.39, 0.29) is 17.8 Å². The molecule has 0 saturated carbocycles. The number of thiocarbonyl (C=S) groups is 1. The van der Waals surface area contributed by atoms with Crippen LogP contribution in [-0.4, -0.2) is 83.5 Å². The molecule has 0 bridgehead atoms. The lowest BCUT2D eigenvalue weighted by atomic mass is 9.67. The molecule has 4 saturated heterocycles. The molecule has 7 heteroatoms. The van der Waals surface area contributed by atoms with Crippen LogP contribution in [0.1, 0.15) is 44.1 Å². The molecule has 0 unspecified atom stereocenters. The van der Waals surface area contributed by atoms with Crippen LogP contribution in [-0.2, 0) is 11.2 Å². The molecule has 180 valence electrons. The number of benzene rings is 1. The minimum absolute atomic E-state index is 0.131. The van der Waals surface area contributed by atoms with E-state index in [9.17, 15) is 9.18 Å². The molecule has 5 nitrogen and oxygen atoms in total. The maximum Gasteiger partial charge on any atom is 0.236 e. The van der Waals surface area contributed by atoms with Gasteiger partial charge < -0.3 is 15.1 Å². The second kappa shape index (κ2) is 9.96. The molecule has 1 aromatic carbocycles. The first-order chi connectivity index (χ1) is 16.0. The van der Waals surface area contributed by atoms with Gasteiger partial charge in [0.05, 0.1) is 11.5 Å². The van der Waals surface area contributed by atoms with E-state index in [0.29, 0.717) is 25.0 Å².